The van der Waals surface area contributed by atoms with E-state index in [9.17, 15) is 17.6 Å². The fourth-order valence-electron chi connectivity index (χ4n) is 1.81. The van der Waals surface area contributed by atoms with Crippen LogP contribution in [-0.4, -0.2) is 24.5 Å². The van der Waals surface area contributed by atoms with Gasteiger partial charge in [0.1, 0.15) is 5.82 Å². The van der Waals surface area contributed by atoms with Crippen LogP contribution >= 0.6 is 11.3 Å². The summed E-state index contributed by atoms with van der Waals surface area (Å²) in [6.45, 7) is 0. The molecule has 1 amide bonds. The zero-order valence-corrected chi connectivity index (χ0v) is 13.6. The SMILES string of the molecule is O=C(Nc1nnc(S(=O)(=O)Cc2ccc(F)cc2)s1)c1ccco1. The first kappa shape index (κ1) is 16.3. The topological polar surface area (TPSA) is 102 Å². The van der Waals surface area contributed by atoms with E-state index >= 15 is 0 Å². The minimum absolute atomic E-state index is 0.0362. The number of amides is 1. The number of furan rings is 1. The Bertz CT molecular complexity index is 950. The maximum atomic E-state index is 12.9. The van der Waals surface area contributed by atoms with Crippen LogP contribution < -0.4 is 5.32 Å². The molecule has 1 N–H and O–H groups in total. The number of sulfone groups is 1. The largest absolute Gasteiger partial charge is 0.459 e. The summed E-state index contributed by atoms with van der Waals surface area (Å²) in [4.78, 5) is 11.8. The van der Waals surface area contributed by atoms with Crippen LogP contribution in [0.2, 0.25) is 0 Å². The maximum Gasteiger partial charge on any atom is 0.293 e. The molecule has 3 aromatic rings. The first-order valence-corrected chi connectivity index (χ1v) is 9.06. The van der Waals surface area contributed by atoms with E-state index < -0.39 is 21.6 Å². The van der Waals surface area contributed by atoms with Gasteiger partial charge in [0.05, 0.1) is 12.0 Å². The van der Waals surface area contributed by atoms with E-state index in [0.29, 0.717) is 5.56 Å². The van der Waals surface area contributed by atoms with Gasteiger partial charge in [-0.3, -0.25) is 10.1 Å². The van der Waals surface area contributed by atoms with Gasteiger partial charge in [-0.05, 0) is 29.8 Å². The molecule has 0 saturated carbocycles. The van der Waals surface area contributed by atoms with E-state index in [1.165, 1.54) is 36.6 Å². The van der Waals surface area contributed by atoms with Gasteiger partial charge in [0.25, 0.3) is 5.91 Å². The monoisotopic (exact) mass is 367 g/mol. The lowest BCUT2D eigenvalue weighted by Gasteiger charge is -2.00. The first-order valence-electron chi connectivity index (χ1n) is 6.59. The van der Waals surface area contributed by atoms with Crippen LogP contribution in [0, 0.1) is 5.82 Å². The maximum absolute atomic E-state index is 12.9. The van der Waals surface area contributed by atoms with Crippen LogP contribution in [0.1, 0.15) is 16.1 Å². The van der Waals surface area contributed by atoms with Gasteiger partial charge in [-0.1, -0.05) is 23.5 Å². The predicted molar refractivity (Wildman–Crippen MR) is 83.9 cm³/mol. The number of rotatable bonds is 5. The number of carbonyl (C=O) groups is 1. The van der Waals surface area contributed by atoms with E-state index in [-0.39, 0.29) is 21.0 Å². The number of carbonyl (C=O) groups excluding carboxylic acids is 1. The fraction of sp³-hybridized carbons (Fsp3) is 0.0714. The summed E-state index contributed by atoms with van der Waals surface area (Å²) in [6.07, 6.45) is 1.34. The molecule has 2 aromatic heterocycles. The molecule has 7 nitrogen and oxygen atoms in total. The average molecular weight is 367 g/mol. The van der Waals surface area contributed by atoms with Crippen LogP contribution in [0.15, 0.2) is 51.4 Å². The Morgan fingerprint density at radius 1 is 1.21 bits per heavy atom. The molecule has 10 heteroatoms. The van der Waals surface area contributed by atoms with Crippen LogP contribution in [0.3, 0.4) is 0 Å². The summed E-state index contributed by atoms with van der Waals surface area (Å²) in [5.74, 6) is -1.27. The number of nitrogens with one attached hydrogen (secondary N) is 1. The predicted octanol–water partition coefficient (Wildman–Crippen LogP) is 2.50. The van der Waals surface area contributed by atoms with E-state index in [1.54, 1.807) is 6.07 Å². The third-order valence-electron chi connectivity index (χ3n) is 2.91. The highest BCUT2D eigenvalue weighted by molar-refractivity contribution is 7.92. The highest BCUT2D eigenvalue weighted by Gasteiger charge is 2.22. The minimum atomic E-state index is -3.75. The Morgan fingerprint density at radius 2 is 1.96 bits per heavy atom. The molecule has 3 rings (SSSR count). The van der Waals surface area contributed by atoms with Crippen molar-refractivity contribution in [2.45, 2.75) is 10.1 Å². The van der Waals surface area contributed by atoms with Gasteiger partial charge >= 0.3 is 0 Å². The van der Waals surface area contributed by atoms with Gasteiger partial charge in [0.15, 0.2) is 5.76 Å². The summed E-state index contributed by atoms with van der Waals surface area (Å²) in [5, 5.41) is 9.68. The van der Waals surface area contributed by atoms with Crippen molar-refractivity contribution < 1.29 is 22.0 Å². The Balaban J connectivity index is 1.74. The van der Waals surface area contributed by atoms with E-state index in [2.05, 4.69) is 15.5 Å². The summed E-state index contributed by atoms with van der Waals surface area (Å²) in [7, 11) is -3.75. The zero-order chi connectivity index (χ0) is 17.2. The van der Waals surface area contributed by atoms with Crippen molar-refractivity contribution in [3.8, 4) is 0 Å². The van der Waals surface area contributed by atoms with Gasteiger partial charge < -0.3 is 4.42 Å². The second-order valence-electron chi connectivity index (χ2n) is 4.69. The molecule has 0 unspecified atom stereocenters. The number of hydrogen-bond donors (Lipinski definition) is 1. The van der Waals surface area contributed by atoms with Crippen molar-refractivity contribution >= 4 is 32.2 Å². The molecule has 0 radical (unpaired) electrons. The number of aromatic nitrogens is 2. The molecule has 0 spiro atoms. The molecule has 124 valence electrons. The lowest BCUT2D eigenvalue weighted by molar-refractivity contribution is 0.0996. The third kappa shape index (κ3) is 3.66. The molecule has 0 saturated heterocycles. The molecule has 0 bridgehead atoms. The van der Waals surface area contributed by atoms with Crippen molar-refractivity contribution in [1.82, 2.24) is 10.2 Å². The second-order valence-corrected chi connectivity index (χ2v) is 7.83. The Hall–Kier alpha value is -2.59. The quantitative estimate of drug-likeness (QED) is 0.695. The third-order valence-corrected chi connectivity index (χ3v) is 5.88. The van der Waals surface area contributed by atoms with Gasteiger partial charge in [-0.2, -0.15) is 0 Å². The first-order chi connectivity index (χ1) is 11.4. The zero-order valence-electron chi connectivity index (χ0n) is 12.0. The van der Waals surface area contributed by atoms with Gasteiger partial charge in [-0.25, -0.2) is 12.8 Å². The minimum Gasteiger partial charge on any atom is -0.459 e. The summed E-state index contributed by atoms with van der Waals surface area (Å²) < 4.78 is 42.2. The van der Waals surface area contributed by atoms with E-state index in [1.807, 2.05) is 0 Å². The number of hydrogen-bond acceptors (Lipinski definition) is 7. The smallest absolute Gasteiger partial charge is 0.293 e. The van der Waals surface area contributed by atoms with Crippen LogP contribution in [0.4, 0.5) is 9.52 Å². The molecule has 24 heavy (non-hydrogen) atoms. The average Bonchev–Trinajstić information content (AvgIpc) is 3.20. The Kier molecular flexibility index (Phi) is 4.40. The number of halogens is 1. The normalized spacial score (nSPS) is 11.4. The van der Waals surface area contributed by atoms with Gasteiger partial charge in [0.2, 0.25) is 19.3 Å². The van der Waals surface area contributed by atoms with Gasteiger partial charge in [0, 0.05) is 0 Å². The standard InChI is InChI=1S/C14H10FN3O4S2/c15-10-5-3-9(4-6-10)8-24(20,21)14-18-17-13(23-14)16-12(19)11-2-1-7-22-11/h1-7H,8H2,(H,16,17,19). The van der Waals surface area contributed by atoms with Crippen molar-refractivity contribution in [2.75, 3.05) is 5.32 Å². The molecule has 2 heterocycles. The highest BCUT2D eigenvalue weighted by atomic mass is 32.2. The number of nitrogens with zero attached hydrogens (tertiary/aromatic N) is 2. The van der Waals surface area contributed by atoms with Crippen LogP contribution in [0.25, 0.3) is 0 Å². The molecular formula is C14H10FN3O4S2. The van der Waals surface area contributed by atoms with Gasteiger partial charge in [-0.15, -0.1) is 10.2 Å². The molecular weight excluding hydrogens is 357 g/mol. The molecule has 1 aromatic carbocycles. The van der Waals surface area contributed by atoms with Crippen molar-refractivity contribution in [1.29, 1.82) is 0 Å². The number of benzene rings is 1. The highest BCUT2D eigenvalue weighted by Crippen LogP contribution is 2.24. The molecule has 0 aliphatic carbocycles. The fourth-order valence-corrected chi connectivity index (χ4v) is 4.13. The summed E-state index contributed by atoms with van der Waals surface area (Å²) >= 11 is 0.730. The van der Waals surface area contributed by atoms with Crippen LogP contribution in [0.5, 0.6) is 0 Å². The Morgan fingerprint density at radius 3 is 2.62 bits per heavy atom. The van der Waals surface area contributed by atoms with Crippen molar-refractivity contribution in [3.05, 3.63) is 59.8 Å². The molecule has 0 aliphatic heterocycles. The summed E-state index contributed by atoms with van der Waals surface area (Å²) in [6, 6.07) is 8.14. The van der Waals surface area contributed by atoms with E-state index in [4.69, 9.17) is 4.42 Å². The van der Waals surface area contributed by atoms with Crippen molar-refractivity contribution in [3.63, 3.8) is 0 Å². The Labute approximate surface area is 140 Å². The van der Waals surface area contributed by atoms with Crippen molar-refractivity contribution in [2.24, 2.45) is 0 Å². The van der Waals surface area contributed by atoms with E-state index in [0.717, 1.165) is 11.3 Å². The number of anilines is 1. The second kappa shape index (κ2) is 6.49. The summed E-state index contributed by atoms with van der Waals surface area (Å²) in [5.41, 5.74) is 0.424. The lowest BCUT2D eigenvalue weighted by atomic mass is 10.2. The molecule has 0 atom stereocenters. The molecule has 0 fully saturated rings. The lowest BCUT2D eigenvalue weighted by Crippen LogP contribution is -2.10. The van der Waals surface area contributed by atoms with Crippen LogP contribution in [-0.2, 0) is 15.6 Å². The molecule has 0 aliphatic rings.